The van der Waals surface area contributed by atoms with Gasteiger partial charge < -0.3 is 18.8 Å². The Kier molecular flexibility index (Phi) is 6.29. The Balaban J connectivity index is 1.83. The van der Waals surface area contributed by atoms with Crippen LogP contribution in [-0.2, 0) is 9.31 Å². The topological polar surface area (TPSA) is 90.7 Å². The van der Waals surface area contributed by atoms with Gasteiger partial charge in [0.05, 0.1) is 11.2 Å². The van der Waals surface area contributed by atoms with Crippen molar-refractivity contribution in [1.29, 1.82) is 5.26 Å². The molecule has 31 heavy (non-hydrogen) atoms. The first kappa shape index (κ1) is 22.7. The van der Waals surface area contributed by atoms with Gasteiger partial charge in [0, 0.05) is 11.6 Å². The van der Waals surface area contributed by atoms with Crippen molar-refractivity contribution in [2.75, 3.05) is 6.61 Å². The average Bonchev–Trinajstić information content (AvgIpc) is 2.93. The summed E-state index contributed by atoms with van der Waals surface area (Å²) in [6.07, 6.45) is -2.05. The van der Waals surface area contributed by atoms with E-state index in [1.165, 1.54) is 18.2 Å². The van der Waals surface area contributed by atoms with Crippen molar-refractivity contribution in [3.63, 3.8) is 0 Å². The molecule has 0 atom stereocenters. The van der Waals surface area contributed by atoms with Gasteiger partial charge >= 0.3 is 7.12 Å². The Labute approximate surface area is 179 Å². The summed E-state index contributed by atoms with van der Waals surface area (Å²) >= 11 is 0. The predicted octanol–water partition coefficient (Wildman–Crippen LogP) is 3.50. The van der Waals surface area contributed by atoms with E-state index in [9.17, 15) is 13.6 Å². The zero-order chi connectivity index (χ0) is 22.8. The molecular formula is C21H21BF2N2O5. The quantitative estimate of drug-likeness (QED) is 0.491. The number of aldehydes is 1. The van der Waals surface area contributed by atoms with E-state index in [4.69, 9.17) is 24.0 Å². The lowest BCUT2D eigenvalue weighted by atomic mass is 9.76. The molecule has 0 spiro atoms. The number of benzene rings is 1. The highest BCUT2D eigenvalue weighted by Gasteiger charge is 2.52. The molecular weight excluding hydrogens is 409 g/mol. The van der Waals surface area contributed by atoms with Gasteiger partial charge in [-0.1, -0.05) is 6.07 Å². The van der Waals surface area contributed by atoms with Crippen LogP contribution >= 0.6 is 0 Å². The van der Waals surface area contributed by atoms with E-state index in [0.717, 1.165) is 0 Å². The van der Waals surface area contributed by atoms with Crippen LogP contribution in [0.5, 0.6) is 17.5 Å². The minimum absolute atomic E-state index is 0.00214. The lowest BCUT2D eigenvalue weighted by Crippen LogP contribution is -2.41. The first-order valence-corrected chi connectivity index (χ1v) is 9.51. The molecule has 1 aromatic heterocycles. The molecule has 3 rings (SSSR count). The number of carbonyl (C=O) groups excluding carboxylic acids is 1. The molecule has 1 saturated heterocycles. The zero-order valence-electron chi connectivity index (χ0n) is 17.5. The molecule has 1 aliphatic rings. The number of hydrogen-bond donors (Lipinski definition) is 0. The Morgan fingerprint density at radius 3 is 2.45 bits per heavy atom. The third-order valence-electron chi connectivity index (χ3n) is 5.22. The second-order valence-corrected chi connectivity index (χ2v) is 7.91. The van der Waals surface area contributed by atoms with E-state index < -0.39 is 31.4 Å². The van der Waals surface area contributed by atoms with Crippen LogP contribution in [0, 0.1) is 11.3 Å². The van der Waals surface area contributed by atoms with Crippen LogP contribution in [0.1, 0.15) is 43.6 Å². The Bertz CT molecular complexity index is 1010. The van der Waals surface area contributed by atoms with E-state index in [-0.39, 0.29) is 23.1 Å². The summed E-state index contributed by atoms with van der Waals surface area (Å²) in [6.45, 7) is 6.75. The molecule has 2 heterocycles. The molecule has 0 saturated carbocycles. The molecule has 1 aliphatic heterocycles. The van der Waals surface area contributed by atoms with Crippen LogP contribution in [0.4, 0.5) is 8.78 Å². The van der Waals surface area contributed by atoms with Gasteiger partial charge in [-0.2, -0.15) is 10.2 Å². The van der Waals surface area contributed by atoms with Crippen LogP contribution in [0.3, 0.4) is 0 Å². The van der Waals surface area contributed by atoms with Gasteiger partial charge in [0.2, 0.25) is 11.8 Å². The van der Waals surface area contributed by atoms with Gasteiger partial charge in [0.15, 0.2) is 6.61 Å². The van der Waals surface area contributed by atoms with Gasteiger partial charge in [0.25, 0.3) is 6.43 Å². The van der Waals surface area contributed by atoms with Crippen LogP contribution in [-0.4, -0.2) is 42.6 Å². The van der Waals surface area contributed by atoms with Crippen molar-refractivity contribution in [2.24, 2.45) is 0 Å². The number of pyridine rings is 1. The molecule has 1 aromatic carbocycles. The number of aromatic nitrogens is 1. The number of nitrogens with zero attached hydrogens (tertiary/aromatic N) is 2. The van der Waals surface area contributed by atoms with Crippen LogP contribution in [0.25, 0.3) is 0 Å². The van der Waals surface area contributed by atoms with Crippen molar-refractivity contribution in [1.82, 2.24) is 4.98 Å². The van der Waals surface area contributed by atoms with Crippen LogP contribution in [0.15, 0.2) is 30.3 Å². The Hall–Kier alpha value is -3.03. The summed E-state index contributed by atoms with van der Waals surface area (Å²) < 4.78 is 47.4. The van der Waals surface area contributed by atoms with Gasteiger partial charge in [-0.15, -0.1) is 0 Å². The summed E-state index contributed by atoms with van der Waals surface area (Å²) in [7, 11) is -0.721. The molecule has 0 bridgehead atoms. The second kappa shape index (κ2) is 8.61. The number of ether oxygens (including phenoxy) is 2. The van der Waals surface area contributed by atoms with E-state index >= 15 is 0 Å². The fraction of sp³-hybridized carbons (Fsp3) is 0.381. The Morgan fingerprint density at radius 2 is 1.87 bits per heavy atom. The third kappa shape index (κ3) is 4.84. The monoisotopic (exact) mass is 430 g/mol. The van der Waals surface area contributed by atoms with Gasteiger partial charge in [-0.25, -0.2) is 8.78 Å². The molecule has 7 nitrogen and oxygen atoms in total. The predicted molar refractivity (Wildman–Crippen MR) is 108 cm³/mol. The molecule has 10 heteroatoms. The lowest BCUT2D eigenvalue weighted by molar-refractivity contribution is 0.00578. The largest absolute Gasteiger partial charge is 0.495 e. The standard InChI is InChI=1S/C21H21BF2N2O5/c1-20(2)21(3,4)31-22(30-20)16-7-6-15(9-14(16)11-27)29-18-8-5-13(10-25)19(26-18)28-12-17(23)24/h5-9,11,17H,12H2,1-4H3. The molecule has 2 aromatic rings. The third-order valence-corrected chi connectivity index (χ3v) is 5.22. The van der Waals surface area contributed by atoms with E-state index in [1.807, 2.05) is 33.8 Å². The molecule has 0 N–H and O–H groups in total. The molecule has 0 amide bonds. The van der Waals surface area contributed by atoms with Gasteiger partial charge in [0.1, 0.15) is 23.7 Å². The van der Waals surface area contributed by atoms with Crippen molar-refractivity contribution < 1.29 is 32.4 Å². The number of hydrogen-bond acceptors (Lipinski definition) is 7. The van der Waals surface area contributed by atoms with Crippen LogP contribution < -0.4 is 14.9 Å². The fourth-order valence-corrected chi connectivity index (χ4v) is 2.84. The molecule has 0 unspecified atom stereocenters. The van der Waals surface area contributed by atoms with Gasteiger partial charge in [-0.05, 0) is 51.4 Å². The molecule has 0 aliphatic carbocycles. The number of halogens is 2. The summed E-state index contributed by atoms with van der Waals surface area (Å²) in [6, 6.07) is 9.32. The Morgan fingerprint density at radius 1 is 1.19 bits per heavy atom. The second-order valence-electron chi connectivity index (χ2n) is 7.91. The van der Waals surface area contributed by atoms with Crippen molar-refractivity contribution >= 4 is 18.9 Å². The minimum atomic E-state index is -2.71. The van der Waals surface area contributed by atoms with E-state index in [2.05, 4.69) is 4.98 Å². The number of carbonyl (C=O) groups is 1. The SMILES string of the molecule is CC1(C)OB(c2ccc(Oc3ccc(C#N)c(OCC(F)F)n3)cc2C=O)OC1(C)C. The zero-order valence-corrected chi connectivity index (χ0v) is 17.5. The molecule has 0 radical (unpaired) electrons. The first-order valence-electron chi connectivity index (χ1n) is 9.51. The highest BCUT2D eigenvalue weighted by atomic mass is 19.3. The number of nitriles is 1. The summed E-state index contributed by atoms with van der Waals surface area (Å²) in [5, 5.41) is 9.08. The van der Waals surface area contributed by atoms with Crippen molar-refractivity contribution in [3.05, 3.63) is 41.5 Å². The first-order chi connectivity index (χ1) is 14.6. The van der Waals surface area contributed by atoms with E-state index in [1.54, 1.807) is 12.1 Å². The highest BCUT2D eigenvalue weighted by Crippen LogP contribution is 2.37. The molecule has 162 valence electrons. The summed E-state index contributed by atoms with van der Waals surface area (Å²) in [5.74, 6) is 0.0348. The van der Waals surface area contributed by atoms with Crippen molar-refractivity contribution in [3.8, 4) is 23.6 Å². The van der Waals surface area contributed by atoms with Gasteiger partial charge in [-0.3, -0.25) is 4.79 Å². The minimum Gasteiger partial charge on any atom is -0.471 e. The van der Waals surface area contributed by atoms with Crippen molar-refractivity contribution in [2.45, 2.75) is 45.3 Å². The smallest absolute Gasteiger partial charge is 0.471 e. The number of rotatable bonds is 7. The lowest BCUT2D eigenvalue weighted by Gasteiger charge is -2.32. The maximum atomic E-state index is 12.4. The fourth-order valence-electron chi connectivity index (χ4n) is 2.84. The van der Waals surface area contributed by atoms with E-state index in [0.29, 0.717) is 17.3 Å². The summed E-state index contributed by atoms with van der Waals surface area (Å²) in [5.41, 5.74) is -0.270. The number of alkyl halides is 2. The average molecular weight is 430 g/mol. The maximum Gasteiger partial charge on any atom is 0.495 e. The van der Waals surface area contributed by atoms with Crippen LogP contribution in [0.2, 0.25) is 0 Å². The highest BCUT2D eigenvalue weighted by molar-refractivity contribution is 6.63. The normalized spacial score (nSPS) is 16.8. The summed E-state index contributed by atoms with van der Waals surface area (Å²) in [4.78, 5) is 15.7. The maximum absolute atomic E-state index is 12.4. The molecule has 1 fully saturated rings.